The van der Waals surface area contributed by atoms with Gasteiger partial charge in [-0.25, -0.2) is 10.3 Å². The highest BCUT2D eigenvalue weighted by Gasteiger charge is 2.05. The largest absolute Gasteiger partial charge is 0.497 e. The van der Waals surface area contributed by atoms with Gasteiger partial charge >= 0.3 is 5.97 Å². The lowest BCUT2D eigenvalue weighted by Gasteiger charge is -2.08. The molecule has 3 N–H and O–H groups in total. The normalized spacial score (nSPS) is 9.85. The van der Waals surface area contributed by atoms with Crippen molar-refractivity contribution >= 4 is 17.3 Å². The summed E-state index contributed by atoms with van der Waals surface area (Å²) in [6.45, 7) is 0. The highest BCUT2D eigenvalue weighted by molar-refractivity contribution is 5.73. The third-order valence-corrected chi connectivity index (χ3v) is 2.67. The van der Waals surface area contributed by atoms with Crippen LogP contribution in [0.15, 0.2) is 48.5 Å². The smallest absolute Gasteiger partial charge is 0.336 e. The third kappa shape index (κ3) is 3.91. The molecule has 2 aromatic carbocycles. The number of benzene rings is 2. The molecule has 5 heteroatoms. The van der Waals surface area contributed by atoms with Crippen molar-refractivity contribution in [3.8, 4) is 5.75 Å². The van der Waals surface area contributed by atoms with Crippen LogP contribution in [0.2, 0.25) is 0 Å². The number of methoxy groups -OCH3 is 1. The topological polar surface area (TPSA) is 73.6 Å². The molecule has 20 heavy (non-hydrogen) atoms. The number of hydrogen-bond donors (Lipinski definition) is 2. The maximum Gasteiger partial charge on any atom is 0.336 e. The molecule has 2 rings (SSSR count). The van der Waals surface area contributed by atoms with E-state index in [1.165, 1.54) is 0 Å². The fourth-order valence-electron chi connectivity index (χ4n) is 1.68. The summed E-state index contributed by atoms with van der Waals surface area (Å²) in [6.07, 6.45) is 0.161. The molecule has 104 valence electrons. The van der Waals surface area contributed by atoms with Crippen LogP contribution in [0.1, 0.15) is 5.56 Å². The predicted molar refractivity (Wildman–Crippen MR) is 77.3 cm³/mol. The quantitative estimate of drug-likeness (QED) is 0.646. The lowest BCUT2D eigenvalue weighted by atomic mass is 10.1. The summed E-state index contributed by atoms with van der Waals surface area (Å²) < 4.78 is 5.04. The lowest BCUT2D eigenvalue weighted by molar-refractivity contribution is -0.139. The van der Waals surface area contributed by atoms with Crippen molar-refractivity contribution in [2.45, 2.75) is 6.42 Å². The summed E-state index contributed by atoms with van der Waals surface area (Å²) in [5.74, 6) is 0.355. The maximum atomic E-state index is 11.7. The van der Waals surface area contributed by atoms with Gasteiger partial charge in [0.15, 0.2) is 0 Å². The number of ether oxygens (including phenoxy) is 1. The molecule has 5 nitrogen and oxygen atoms in total. The van der Waals surface area contributed by atoms with E-state index >= 15 is 0 Å². The Morgan fingerprint density at radius 2 is 1.95 bits per heavy atom. The Labute approximate surface area is 117 Å². The number of hydrogen-bond acceptors (Lipinski definition) is 5. The van der Waals surface area contributed by atoms with Crippen LogP contribution in [0.4, 0.5) is 11.4 Å². The Bertz CT molecular complexity index is 582. The van der Waals surface area contributed by atoms with Gasteiger partial charge in [-0.15, -0.1) is 0 Å². The molecular formula is C15H16N2O3. The van der Waals surface area contributed by atoms with Gasteiger partial charge in [0, 0.05) is 5.69 Å². The second-order valence-corrected chi connectivity index (χ2v) is 4.23. The first-order valence-corrected chi connectivity index (χ1v) is 6.11. The van der Waals surface area contributed by atoms with Crippen LogP contribution in [-0.4, -0.2) is 13.1 Å². The number of carbonyl (C=O) groups excluding carboxylic acids is 1. The van der Waals surface area contributed by atoms with Crippen LogP contribution in [0, 0.1) is 0 Å². The lowest BCUT2D eigenvalue weighted by Crippen LogP contribution is -2.13. The minimum Gasteiger partial charge on any atom is -0.497 e. The van der Waals surface area contributed by atoms with Crippen molar-refractivity contribution in [3.05, 3.63) is 54.1 Å². The van der Waals surface area contributed by atoms with Crippen LogP contribution < -0.4 is 16.0 Å². The van der Waals surface area contributed by atoms with E-state index in [0.29, 0.717) is 11.4 Å². The van der Waals surface area contributed by atoms with Gasteiger partial charge in [0.25, 0.3) is 0 Å². The average molecular weight is 272 g/mol. The molecule has 0 unspecified atom stereocenters. The van der Waals surface area contributed by atoms with Crippen molar-refractivity contribution in [2.24, 2.45) is 0 Å². The zero-order chi connectivity index (χ0) is 14.4. The summed E-state index contributed by atoms with van der Waals surface area (Å²) in [4.78, 5) is 16.6. The van der Waals surface area contributed by atoms with Crippen molar-refractivity contribution in [2.75, 3.05) is 18.3 Å². The van der Waals surface area contributed by atoms with E-state index in [2.05, 4.69) is 5.48 Å². The predicted octanol–water partition coefficient (Wildman–Crippen LogP) is 2.39. The Balaban J connectivity index is 1.85. The molecular weight excluding hydrogens is 256 g/mol. The zero-order valence-corrected chi connectivity index (χ0v) is 11.1. The Morgan fingerprint density at radius 1 is 1.20 bits per heavy atom. The summed E-state index contributed by atoms with van der Waals surface area (Å²) >= 11 is 0. The third-order valence-electron chi connectivity index (χ3n) is 2.67. The number of nitrogen functional groups attached to an aromatic ring is 1. The molecule has 0 amide bonds. The Hall–Kier alpha value is -2.69. The number of carbonyl (C=O) groups is 1. The number of nitrogens with two attached hydrogens (primary N) is 1. The second-order valence-electron chi connectivity index (χ2n) is 4.23. The standard InChI is InChI=1S/C15H16N2O3/c1-19-14-7-5-13(6-8-14)17-20-15(18)10-11-3-2-4-12(16)9-11/h2-9,17H,10,16H2,1H3. The number of nitrogens with one attached hydrogen (secondary N) is 1. The minimum atomic E-state index is -0.383. The highest BCUT2D eigenvalue weighted by atomic mass is 16.7. The minimum absolute atomic E-state index is 0.161. The van der Waals surface area contributed by atoms with Crippen LogP contribution in [0.3, 0.4) is 0 Å². The molecule has 2 aromatic rings. The van der Waals surface area contributed by atoms with Gasteiger partial charge in [0.05, 0.1) is 19.2 Å². The first kappa shape index (κ1) is 13.7. The van der Waals surface area contributed by atoms with E-state index in [4.69, 9.17) is 15.3 Å². The summed E-state index contributed by atoms with van der Waals surface area (Å²) in [6, 6.07) is 14.2. The van der Waals surface area contributed by atoms with E-state index in [-0.39, 0.29) is 12.4 Å². The van der Waals surface area contributed by atoms with E-state index < -0.39 is 0 Å². The van der Waals surface area contributed by atoms with Crippen LogP contribution in [-0.2, 0) is 16.1 Å². The van der Waals surface area contributed by atoms with Gasteiger partial charge in [-0.1, -0.05) is 12.1 Å². The molecule has 0 aliphatic carbocycles. The molecule has 0 atom stereocenters. The zero-order valence-electron chi connectivity index (χ0n) is 11.1. The van der Waals surface area contributed by atoms with E-state index in [0.717, 1.165) is 11.3 Å². The molecule has 0 aliphatic rings. The monoisotopic (exact) mass is 272 g/mol. The fourth-order valence-corrected chi connectivity index (χ4v) is 1.68. The molecule has 0 fully saturated rings. The molecule has 0 aliphatic heterocycles. The molecule has 0 saturated heterocycles. The average Bonchev–Trinajstić information content (AvgIpc) is 2.46. The Morgan fingerprint density at radius 3 is 2.60 bits per heavy atom. The van der Waals surface area contributed by atoms with Crippen LogP contribution >= 0.6 is 0 Å². The fraction of sp³-hybridized carbons (Fsp3) is 0.133. The van der Waals surface area contributed by atoms with E-state index in [1.807, 2.05) is 6.07 Å². The van der Waals surface area contributed by atoms with Gasteiger partial charge in [-0.2, -0.15) is 0 Å². The second kappa shape index (κ2) is 6.47. The van der Waals surface area contributed by atoms with E-state index in [1.54, 1.807) is 49.6 Å². The summed E-state index contributed by atoms with van der Waals surface area (Å²) in [5.41, 5.74) is 10.3. The SMILES string of the molecule is COc1ccc(NOC(=O)Cc2cccc(N)c2)cc1. The van der Waals surface area contributed by atoms with Gasteiger partial charge in [-0.05, 0) is 42.0 Å². The molecule has 0 heterocycles. The highest BCUT2D eigenvalue weighted by Crippen LogP contribution is 2.15. The number of rotatable bonds is 5. The molecule has 0 spiro atoms. The van der Waals surface area contributed by atoms with Gasteiger partial charge in [0.2, 0.25) is 0 Å². The van der Waals surface area contributed by atoms with Crippen molar-refractivity contribution in [3.63, 3.8) is 0 Å². The van der Waals surface area contributed by atoms with Gasteiger partial charge in [0.1, 0.15) is 5.75 Å². The molecule has 0 bridgehead atoms. The summed E-state index contributed by atoms with van der Waals surface area (Å²) in [5, 5.41) is 0. The van der Waals surface area contributed by atoms with Crippen LogP contribution in [0.25, 0.3) is 0 Å². The van der Waals surface area contributed by atoms with Crippen molar-refractivity contribution < 1.29 is 14.4 Å². The molecule has 0 aromatic heterocycles. The van der Waals surface area contributed by atoms with Crippen LogP contribution in [0.5, 0.6) is 5.75 Å². The first-order valence-electron chi connectivity index (χ1n) is 6.11. The first-order chi connectivity index (χ1) is 9.67. The molecule has 0 saturated carbocycles. The van der Waals surface area contributed by atoms with Gasteiger partial charge < -0.3 is 15.3 Å². The maximum absolute atomic E-state index is 11.7. The van der Waals surface area contributed by atoms with Crippen molar-refractivity contribution in [1.82, 2.24) is 0 Å². The van der Waals surface area contributed by atoms with Crippen molar-refractivity contribution in [1.29, 1.82) is 0 Å². The summed E-state index contributed by atoms with van der Waals surface area (Å²) in [7, 11) is 1.59. The molecule has 0 radical (unpaired) electrons. The van der Waals surface area contributed by atoms with Gasteiger partial charge in [-0.3, -0.25) is 0 Å². The Kier molecular flexibility index (Phi) is 4.44. The van der Waals surface area contributed by atoms with E-state index in [9.17, 15) is 4.79 Å². The number of anilines is 2.